The Kier molecular flexibility index (Phi) is 7.13. The Morgan fingerprint density at radius 2 is 2.06 bits per heavy atom. The fourth-order valence-electron chi connectivity index (χ4n) is 2.18. The molecule has 1 atom stereocenters. The van der Waals surface area contributed by atoms with Gasteiger partial charge in [0, 0.05) is 17.9 Å². The molecule has 0 aromatic rings. The lowest BCUT2D eigenvalue weighted by atomic mass is 10.1. The van der Waals surface area contributed by atoms with Crippen LogP contribution in [0.5, 0.6) is 0 Å². The third-order valence-corrected chi connectivity index (χ3v) is 5.78. The number of hydrogen-bond acceptors (Lipinski definition) is 3. The van der Waals surface area contributed by atoms with E-state index in [1.54, 1.807) is 4.31 Å². The third kappa shape index (κ3) is 5.15. The monoisotopic (exact) mass is 341 g/mol. The van der Waals surface area contributed by atoms with Crippen LogP contribution in [0.2, 0.25) is 0 Å². The van der Waals surface area contributed by atoms with Gasteiger partial charge in [0.2, 0.25) is 10.0 Å². The lowest BCUT2D eigenvalue weighted by Gasteiger charge is -2.27. The molecule has 1 rings (SSSR count). The third-order valence-electron chi connectivity index (χ3n) is 3.15. The van der Waals surface area contributed by atoms with E-state index < -0.39 is 10.0 Å². The van der Waals surface area contributed by atoms with E-state index in [0.29, 0.717) is 6.54 Å². The maximum absolute atomic E-state index is 12.3. The van der Waals surface area contributed by atoms with Gasteiger partial charge < -0.3 is 4.74 Å². The van der Waals surface area contributed by atoms with Crippen molar-refractivity contribution in [2.45, 2.75) is 51.7 Å². The second-order valence-electron chi connectivity index (χ2n) is 5.00. The molecular formula is C12H24BrNO3S. The van der Waals surface area contributed by atoms with Crippen LogP contribution in [-0.2, 0) is 14.8 Å². The van der Waals surface area contributed by atoms with Gasteiger partial charge in [-0.15, -0.1) is 0 Å². The van der Waals surface area contributed by atoms with E-state index in [9.17, 15) is 8.42 Å². The summed E-state index contributed by atoms with van der Waals surface area (Å²) in [6.45, 7) is 4.77. The lowest BCUT2D eigenvalue weighted by Crippen LogP contribution is -2.43. The number of sulfonamides is 1. The predicted octanol–water partition coefficient (Wildman–Crippen LogP) is 2.38. The standard InChI is InChI=1S/C12H24BrNO3S/c1-11(2)17-8-9-18(15,16)14-7-5-3-4-6-12(14)10-13/h11-12H,3-10H2,1-2H3. The van der Waals surface area contributed by atoms with Gasteiger partial charge in [0.05, 0.1) is 18.5 Å². The Hall–Kier alpha value is 0.350. The predicted molar refractivity (Wildman–Crippen MR) is 77.6 cm³/mol. The Morgan fingerprint density at radius 1 is 1.33 bits per heavy atom. The van der Waals surface area contributed by atoms with Gasteiger partial charge in [0.15, 0.2) is 0 Å². The molecule has 0 aromatic carbocycles. The summed E-state index contributed by atoms with van der Waals surface area (Å²) in [6, 6.07) is 0.108. The van der Waals surface area contributed by atoms with Gasteiger partial charge in [0.25, 0.3) is 0 Å². The molecule has 1 aliphatic heterocycles. The SMILES string of the molecule is CC(C)OCCS(=O)(=O)N1CCCCCC1CBr. The van der Waals surface area contributed by atoms with E-state index in [-0.39, 0.29) is 24.5 Å². The zero-order valence-corrected chi connectivity index (χ0v) is 13.7. The molecule has 0 spiro atoms. The lowest BCUT2D eigenvalue weighted by molar-refractivity contribution is 0.0905. The van der Waals surface area contributed by atoms with Crippen molar-refractivity contribution >= 4 is 26.0 Å². The van der Waals surface area contributed by atoms with Gasteiger partial charge >= 0.3 is 0 Å². The molecule has 6 heteroatoms. The molecule has 0 bridgehead atoms. The highest BCUT2D eigenvalue weighted by Gasteiger charge is 2.30. The first kappa shape index (κ1) is 16.4. The zero-order valence-electron chi connectivity index (χ0n) is 11.3. The van der Waals surface area contributed by atoms with Crippen LogP contribution in [0.3, 0.4) is 0 Å². The smallest absolute Gasteiger partial charge is 0.216 e. The maximum atomic E-state index is 12.3. The minimum absolute atomic E-state index is 0.0799. The van der Waals surface area contributed by atoms with Gasteiger partial charge in [-0.3, -0.25) is 0 Å². The van der Waals surface area contributed by atoms with E-state index in [1.165, 1.54) is 0 Å². The van der Waals surface area contributed by atoms with E-state index in [2.05, 4.69) is 15.9 Å². The molecule has 1 unspecified atom stereocenters. The molecule has 4 nitrogen and oxygen atoms in total. The molecular weight excluding hydrogens is 318 g/mol. The van der Waals surface area contributed by atoms with Crippen molar-refractivity contribution in [2.24, 2.45) is 0 Å². The Balaban J connectivity index is 2.62. The summed E-state index contributed by atoms with van der Waals surface area (Å²) in [5.74, 6) is 0.0919. The number of alkyl halides is 1. The summed E-state index contributed by atoms with van der Waals surface area (Å²) in [5, 5.41) is 0.720. The highest BCUT2D eigenvalue weighted by Crippen LogP contribution is 2.21. The van der Waals surface area contributed by atoms with Crippen LogP contribution in [0, 0.1) is 0 Å². The first-order valence-electron chi connectivity index (χ1n) is 6.64. The van der Waals surface area contributed by atoms with E-state index in [1.807, 2.05) is 13.8 Å². The average Bonchev–Trinajstić information content (AvgIpc) is 2.53. The summed E-state index contributed by atoms with van der Waals surface area (Å²) < 4.78 is 31.7. The molecule has 0 amide bonds. The van der Waals surface area contributed by atoms with E-state index >= 15 is 0 Å². The molecule has 0 saturated carbocycles. The van der Waals surface area contributed by atoms with Gasteiger partial charge in [-0.25, -0.2) is 8.42 Å². The number of hydrogen-bond donors (Lipinski definition) is 0. The molecule has 108 valence electrons. The topological polar surface area (TPSA) is 46.6 Å². The second kappa shape index (κ2) is 7.82. The summed E-state index contributed by atoms with van der Waals surface area (Å²) in [4.78, 5) is 0. The number of nitrogens with zero attached hydrogens (tertiary/aromatic N) is 1. The molecule has 1 saturated heterocycles. The summed E-state index contributed by atoms with van der Waals surface area (Å²) in [5.41, 5.74) is 0. The van der Waals surface area contributed by atoms with E-state index in [0.717, 1.165) is 31.0 Å². The molecule has 1 fully saturated rings. The second-order valence-corrected chi connectivity index (χ2v) is 7.69. The highest BCUT2D eigenvalue weighted by molar-refractivity contribution is 9.09. The van der Waals surface area contributed by atoms with Crippen LogP contribution in [0.15, 0.2) is 0 Å². The Labute approximate surface area is 119 Å². The van der Waals surface area contributed by atoms with Crippen molar-refractivity contribution < 1.29 is 13.2 Å². The summed E-state index contributed by atoms with van der Waals surface area (Å²) >= 11 is 3.43. The average molecular weight is 342 g/mol. The number of rotatable bonds is 6. The van der Waals surface area contributed by atoms with E-state index in [4.69, 9.17) is 4.74 Å². The van der Waals surface area contributed by atoms with Gasteiger partial charge in [-0.1, -0.05) is 28.8 Å². The maximum Gasteiger partial charge on any atom is 0.216 e. The summed E-state index contributed by atoms with van der Waals surface area (Å²) in [7, 11) is -3.19. The minimum atomic E-state index is -3.19. The van der Waals surface area contributed by atoms with Gasteiger partial charge in [0.1, 0.15) is 0 Å². The Morgan fingerprint density at radius 3 is 2.67 bits per heavy atom. The van der Waals surface area contributed by atoms with Crippen LogP contribution < -0.4 is 0 Å². The van der Waals surface area contributed by atoms with Crippen LogP contribution in [-0.4, -0.2) is 49.1 Å². The molecule has 0 aliphatic carbocycles. The van der Waals surface area contributed by atoms with Crippen molar-refractivity contribution in [3.05, 3.63) is 0 Å². The van der Waals surface area contributed by atoms with Gasteiger partial charge in [-0.05, 0) is 26.7 Å². The van der Waals surface area contributed by atoms with Crippen molar-refractivity contribution in [3.63, 3.8) is 0 Å². The molecule has 1 heterocycles. The normalized spacial score (nSPS) is 23.2. The first-order chi connectivity index (χ1) is 8.47. The number of ether oxygens (including phenoxy) is 1. The van der Waals surface area contributed by atoms with Crippen LogP contribution in [0.1, 0.15) is 39.5 Å². The first-order valence-corrected chi connectivity index (χ1v) is 9.37. The molecule has 1 aliphatic rings. The summed E-state index contributed by atoms with van der Waals surface area (Å²) in [6.07, 6.45) is 4.24. The zero-order chi connectivity index (χ0) is 13.6. The Bertz CT molecular complexity index is 332. The van der Waals surface area contributed by atoms with Crippen molar-refractivity contribution in [1.29, 1.82) is 0 Å². The van der Waals surface area contributed by atoms with Crippen LogP contribution in [0.25, 0.3) is 0 Å². The molecule has 0 aromatic heterocycles. The molecule has 0 N–H and O–H groups in total. The van der Waals surface area contributed by atoms with Crippen molar-refractivity contribution in [3.8, 4) is 0 Å². The fourth-order valence-corrected chi connectivity index (χ4v) is 4.63. The van der Waals surface area contributed by atoms with Crippen LogP contribution >= 0.6 is 15.9 Å². The number of halogens is 1. The van der Waals surface area contributed by atoms with Crippen molar-refractivity contribution in [1.82, 2.24) is 4.31 Å². The quantitative estimate of drug-likeness (QED) is 0.697. The van der Waals surface area contributed by atoms with Crippen molar-refractivity contribution in [2.75, 3.05) is 24.2 Å². The highest BCUT2D eigenvalue weighted by atomic mass is 79.9. The molecule has 0 radical (unpaired) electrons. The fraction of sp³-hybridized carbons (Fsp3) is 1.00. The molecule has 18 heavy (non-hydrogen) atoms. The largest absolute Gasteiger partial charge is 0.378 e. The van der Waals surface area contributed by atoms with Crippen LogP contribution in [0.4, 0.5) is 0 Å². The minimum Gasteiger partial charge on any atom is -0.378 e. The van der Waals surface area contributed by atoms with Gasteiger partial charge in [-0.2, -0.15) is 4.31 Å².